The van der Waals surface area contributed by atoms with Crippen LogP contribution in [0.15, 0.2) is 48.5 Å². The highest BCUT2D eigenvalue weighted by Gasteiger charge is 2.32. The van der Waals surface area contributed by atoms with Crippen molar-refractivity contribution in [3.05, 3.63) is 65.2 Å². The maximum absolute atomic E-state index is 12.7. The first-order valence-corrected chi connectivity index (χ1v) is 8.13. The van der Waals surface area contributed by atoms with E-state index in [9.17, 15) is 4.79 Å². The normalized spacial score (nSPS) is 13.7. The van der Waals surface area contributed by atoms with Gasteiger partial charge in [0.1, 0.15) is 5.75 Å². The Kier molecular flexibility index (Phi) is 4.65. The number of hydrogen-bond donors (Lipinski definition) is 0. The van der Waals surface area contributed by atoms with E-state index in [2.05, 4.69) is 31.2 Å². The zero-order chi connectivity index (χ0) is 16.2. The first-order chi connectivity index (χ1) is 11.2. The summed E-state index contributed by atoms with van der Waals surface area (Å²) in [5.41, 5.74) is 3.48. The molecule has 1 fully saturated rings. The lowest BCUT2D eigenvalue weighted by atomic mass is 10.1. The SMILES string of the molecule is COc1ccc(CC(=O)N(Cc2cccc(C)c2)C2CC2)cc1. The van der Waals surface area contributed by atoms with Crippen molar-refractivity contribution in [3.63, 3.8) is 0 Å². The summed E-state index contributed by atoms with van der Waals surface area (Å²) in [5, 5.41) is 0. The maximum atomic E-state index is 12.7. The van der Waals surface area contributed by atoms with Crippen molar-refractivity contribution >= 4 is 5.91 Å². The molecule has 0 atom stereocenters. The quantitative estimate of drug-likeness (QED) is 0.813. The fourth-order valence-corrected chi connectivity index (χ4v) is 2.83. The van der Waals surface area contributed by atoms with Gasteiger partial charge in [-0.05, 0) is 43.0 Å². The molecule has 0 aliphatic heterocycles. The number of benzene rings is 2. The molecule has 0 heterocycles. The molecular formula is C20H23NO2. The van der Waals surface area contributed by atoms with Gasteiger partial charge in [-0.3, -0.25) is 4.79 Å². The minimum Gasteiger partial charge on any atom is -0.497 e. The van der Waals surface area contributed by atoms with E-state index in [-0.39, 0.29) is 5.91 Å². The number of hydrogen-bond acceptors (Lipinski definition) is 2. The number of carbonyl (C=O) groups is 1. The lowest BCUT2D eigenvalue weighted by Crippen LogP contribution is -2.33. The predicted octanol–water partition coefficient (Wildman–Crippen LogP) is 3.74. The monoisotopic (exact) mass is 309 g/mol. The third-order valence-corrected chi connectivity index (χ3v) is 4.26. The smallest absolute Gasteiger partial charge is 0.227 e. The van der Waals surface area contributed by atoms with E-state index in [1.54, 1.807) is 7.11 Å². The largest absolute Gasteiger partial charge is 0.497 e. The highest BCUT2D eigenvalue weighted by Crippen LogP contribution is 2.29. The van der Waals surface area contributed by atoms with Crippen LogP contribution in [-0.2, 0) is 17.8 Å². The van der Waals surface area contributed by atoms with Gasteiger partial charge in [-0.15, -0.1) is 0 Å². The number of amides is 1. The lowest BCUT2D eigenvalue weighted by molar-refractivity contribution is -0.131. The van der Waals surface area contributed by atoms with Gasteiger partial charge in [0.15, 0.2) is 0 Å². The summed E-state index contributed by atoms with van der Waals surface area (Å²) in [4.78, 5) is 14.8. The molecule has 3 heteroatoms. The first-order valence-electron chi connectivity index (χ1n) is 8.13. The minimum atomic E-state index is 0.208. The van der Waals surface area contributed by atoms with E-state index in [4.69, 9.17) is 4.74 Å². The third-order valence-electron chi connectivity index (χ3n) is 4.26. The van der Waals surface area contributed by atoms with Crippen LogP contribution in [0.3, 0.4) is 0 Å². The second-order valence-corrected chi connectivity index (χ2v) is 6.27. The second-order valence-electron chi connectivity index (χ2n) is 6.27. The zero-order valence-corrected chi connectivity index (χ0v) is 13.8. The summed E-state index contributed by atoms with van der Waals surface area (Å²) in [6.45, 7) is 2.80. The van der Waals surface area contributed by atoms with E-state index in [0.29, 0.717) is 19.0 Å². The molecule has 0 N–H and O–H groups in total. The Morgan fingerprint density at radius 3 is 2.48 bits per heavy atom. The fourth-order valence-electron chi connectivity index (χ4n) is 2.83. The molecule has 1 saturated carbocycles. The van der Waals surface area contributed by atoms with Crippen molar-refractivity contribution in [1.82, 2.24) is 4.90 Å². The molecule has 1 aliphatic carbocycles. The van der Waals surface area contributed by atoms with E-state index in [1.807, 2.05) is 29.2 Å². The molecule has 0 radical (unpaired) electrons. The number of rotatable bonds is 6. The predicted molar refractivity (Wildman–Crippen MR) is 91.4 cm³/mol. The van der Waals surface area contributed by atoms with E-state index in [1.165, 1.54) is 11.1 Å². The topological polar surface area (TPSA) is 29.5 Å². The molecule has 0 bridgehead atoms. The van der Waals surface area contributed by atoms with Crippen LogP contribution in [0.25, 0.3) is 0 Å². The Morgan fingerprint density at radius 2 is 1.87 bits per heavy atom. The third kappa shape index (κ3) is 4.13. The van der Waals surface area contributed by atoms with Gasteiger partial charge in [-0.1, -0.05) is 42.0 Å². The number of aryl methyl sites for hydroxylation is 1. The van der Waals surface area contributed by atoms with Crippen LogP contribution in [0.1, 0.15) is 29.5 Å². The van der Waals surface area contributed by atoms with Gasteiger partial charge in [0, 0.05) is 12.6 Å². The van der Waals surface area contributed by atoms with Gasteiger partial charge >= 0.3 is 0 Å². The molecule has 1 amide bonds. The van der Waals surface area contributed by atoms with Crippen LogP contribution in [-0.4, -0.2) is 24.0 Å². The Hall–Kier alpha value is -2.29. The average molecular weight is 309 g/mol. The van der Waals surface area contributed by atoms with Gasteiger partial charge in [0.25, 0.3) is 0 Å². The number of methoxy groups -OCH3 is 1. The van der Waals surface area contributed by atoms with Crippen LogP contribution in [0.2, 0.25) is 0 Å². The van der Waals surface area contributed by atoms with E-state index < -0.39 is 0 Å². The highest BCUT2D eigenvalue weighted by atomic mass is 16.5. The van der Waals surface area contributed by atoms with Crippen molar-refractivity contribution in [2.75, 3.05) is 7.11 Å². The zero-order valence-electron chi connectivity index (χ0n) is 13.8. The van der Waals surface area contributed by atoms with Crippen LogP contribution < -0.4 is 4.74 Å². The summed E-state index contributed by atoms with van der Waals surface area (Å²) in [6, 6.07) is 16.6. The second kappa shape index (κ2) is 6.86. The van der Waals surface area contributed by atoms with Crippen LogP contribution in [0.5, 0.6) is 5.75 Å². The van der Waals surface area contributed by atoms with E-state index in [0.717, 1.165) is 24.2 Å². The Labute approximate surface area is 137 Å². The Bertz CT molecular complexity index is 674. The van der Waals surface area contributed by atoms with Crippen LogP contribution in [0.4, 0.5) is 0 Å². The summed E-state index contributed by atoms with van der Waals surface area (Å²) >= 11 is 0. The maximum Gasteiger partial charge on any atom is 0.227 e. The molecule has 2 aromatic carbocycles. The van der Waals surface area contributed by atoms with Gasteiger partial charge in [0.05, 0.1) is 13.5 Å². The van der Waals surface area contributed by atoms with Gasteiger partial charge in [0.2, 0.25) is 5.91 Å². The first kappa shape index (κ1) is 15.6. The fraction of sp³-hybridized carbons (Fsp3) is 0.350. The standard InChI is InChI=1S/C20H23NO2/c1-15-4-3-5-17(12-15)14-21(18-8-9-18)20(22)13-16-6-10-19(23-2)11-7-16/h3-7,10-12,18H,8-9,13-14H2,1-2H3. The molecule has 3 nitrogen and oxygen atoms in total. The average Bonchev–Trinajstić information content (AvgIpc) is 3.38. The molecule has 0 spiro atoms. The molecule has 3 rings (SSSR count). The van der Waals surface area contributed by atoms with Crippen LogP contribution in [0, 0.1) is 6.92 Å². The number of nitrogens with zero attached hydrogens (tertiary/aromatic N) is 1. The van der Waals surface area contributed by atoms with E-state index >= 15 is 0 Å². The van der Waals surface area contributed by atoms with Crippen molar-refractivity contribution < 1.29 is 9.53 Å². The summed E-state index contributed by atoms with van der Waals surface area (Å²) < 4.78 is 5.16. The highest BCUT2D eigenvalue weighted by molar-refractivity contribution is 5.79. The molecular weight excluding hydrogens is 286 g/mol. The lowest BCUT2D eigenvalue weighted by Gasteiger charge is -2.23. The van der Waals surface area contributed by atoms with Gasteiger partial charge in [-0.25, -0.2) is 0 Å². The molecule has 0 saturated heterocycles. The van der Waals surface area contributed by atoms with Gasteiger partial charge in [-0.2, -0.15) is 0 Å². The van der Waals surface area contributed by atoms with Crippen molar-refractivity contribution in [2.45, 2.75) is 38.8 Å². The molecule has 0 aromatic heterocycles. The van der Waals surface area contributed by atoms with Crippen molar-refractivity contribution in [3.8, 4) is 5.75 Å². The number of ether oxygens (including phenoxy) is 1. The van der Waals surface area contributed by atoms with Crippen LogP contribution >= 0.6 is 0 Å². The summed E-state index contributed by atoms with van der Waals surface area (Å²) in [6.07, 6.45) is 2.70. The molecule has 1 aliphatic rings. The van der Waals surface area contributed by atoms with Crippen molar-refractivity contribution in [2.24, 2.45) is 0 Å². The number of carbonyl (C=O) groups excluding carboxylic acids is 1. The van der Waals surface area contributed by atoms with Gasteiger partial charge < -0.3 is 9.64 Å². The van der Waals surface area contributed by atoms with Crippen molar-refractivity contribution in [1.29, 1.82) is 0 Å². The molecule has 2 aromatic rings. The molecule has 23 heavy (non-hydrogen) atoms. The summed E-state index contributed by atoms with van der Waals surface area (Å²) in [5.74, 6) is 1.03. The minimum absolute atomic E-state index is 0.208. The Morgan fingerprint density at radius 1 is 1.13 bits per heavy atom. The molecule has 0 unspecified atom stereocenters. The molecule has 120 valence electrons. The summed E-state index contributed by atoms with van der Waals surface area (Å²) in [7, 11) is 1.65. The Balaban J connectivity index is 1.68.